The molecule has 0 N–H and O–H groups in total. The van der Waals surface area contributed by atoms with Gasteiger partial charge in [-0.15, -0.1) is 11.6 Å². The molecule has 0 aromatic carbocycles. The Kier molecular flexibility index (Phi) is 5.50. The number of hydrogen-bond donors (Lipinski definition) is 0. The molecule has 16 heavy (non-hydrogen) atoms. The van der Waals surface area contributed by atoms with Crippen LogP contribution in [-0.2, 0) is 14.6 Å². The van der Waals surface area contributed by atoms with Crippen LogP contribution in [0.5, 0.6) is 0 Å². The predicted octanol–water partition coefficient (Wildman–Crippen LogP) is 0.749. The van der Waals surface area contributed by atoms with Crippen molar-refractivity contribution in [1.82, 2.24) is 4.90 Å². The molecule has 0 aliphatic carbocycles. The molecule has 0 aromatic rings. The summed E-state index contributed by atoms with van der Waals surface area (Å²) in [6.07, 6.45) is 0.0298. The van der Waals surface area contributed by atoms with Crippen LogP contribution in [0, 0.1) is 0 Å². The fourth-order valence-corrected chi connectivity index (χ4v) is 2.67. The minimum atomic E-state index is -2.88. The number of morpholine rings is 1. The topological polar surface area (TPSA) is 46.6 Å². The summed E-state index contributed by atoms with van der Waals surface area (Å²) in [6, 6.07) is 0.270. The second kappa shape index (κ2) is 6.19. The molecule has 0 radical (unpaired) electrons. The molecule has 1 heterocycles. The SMILES string of the molecule is CCS(=O)(=O)CCN1CC(CCl)OCC1C. The van der Waals surface area contributed by atoms with Crippen molar-refractivity contribution in [2.75, 3.05) is 37.1 Å². The van der Waals surface area contributed by atoms with E-state index in [1.807, 2.05) is 6.92 Å². The highest BCUT2D eigenvalue weighted by Gasteiger charge is 2.26. The number of nitrogens with zero attached hydrogens (tertiary/aromatic N) is 1. The molecule has 2 atom stereocenters. The molecule has 2 unspecified atom stereocenters. The standard InChI is InChI=1S/C10H20ClNO3S/c1-3-16(13,14)5-4-12-7-10(6-11)15-8-9(12)2/h9-10H,3-8H2,1-2H3. The summed E-state index contributed by atoms with van der Waals surface area (Å²) in [5.41, 5.74) is 0. The van der Waals surface area contributed by atoms with Crippen molar-refractivity contribution in [2.45, 2.75) is 26.0 Å². The molecule has 0 saturated carbocycles. The monoisotopic (exact) mass is 269 g/mol. The Morgan fingerprint density at radius 1 is 1.50 bits per heavy atom. The van der Waals surface area contributed by atoms with E-state index in [1.54, 1.807) is 6.92 Å². The van der Waals surface area contributed by atoms with E-state index < -0.39 is 9.84 Å². The van der Waals surface area contributed by atoms with E-state index in [9.17, 15) is 8.42 Å². The quantitative estimate of drug-likeness (QED) is 0.691. The van der Waals surface area contributed by atoms with E-state index in [0.29, 0.717) is 19.0 Å². The van der Waals surface area contributed by atoms with Gasteiger partial charge in [-0.25, -0.2) is 8.42 Å². The summed E-state index contributed by atoms with van der Waals surface area (Å²) >= 11 is 5.74. The van der Waals surface area contributed by atoms with Crippen LogP contribution in [0.4, 0.5) is 0 Å². The first-order valence-corrected chi connectivity index (χ1v) is 7.96. The first kappa shape index (κ1) is 14.2. The van der Waals surface area contributed by atoms with Gasteiger partial charge in [0.15, 0.2) is 9.84 Å². The van der Waals surface area contributed by atoms with Gasteiger partial charge in [-0.1, -0.05) is 6.92 Å². The van der Waals surface area contributed by atoms with Crippen LogP contribution in [0.1, 0.15) is 13.8 Å². The Morgan fingerprint density at radius 2 is 2.19 bits per heavy atom. The Balaban J connectivity index is 2.45. The fourth-order valence-electron chi connectivity index (χ4n) is 1.68. The summed E-state index contributed by atoms with van der Waals surface area (Å²) < 4.78 is 28.3. The van der Waals surface area contributed by atoms with Gasteiger partial charge in [-0.05, 0) is 6.92 Å². The summed E-state index contributed by atoms with van der Waals surface area (Å²) in [6.45, 7) is 5.66. The highest BCUT2D eigenvalue weighted by Crippen LogP contribution is 2.12. The summed E-state index contributed by atoms with van der Waals surface area (Å²) in [5, 5.41) is 0. The van der Waals surface area contributed by atoms with Gasteiger partial charge in [0.2, 0.25) is 0 Å². The third kappa shape index (κ3) is 4.20. The van der Waals surface area contributed by atoms with E-state index in [0.717, 1.165) is 6.54 Å². The van der Waals surface area contributed by atoms with Crippen molar-refractivity contribution in [2.24, 2.45) is 0 Å². The average molecular weight is 270 g/mol. The summed E-state index contributed by atoms with van der Waals surface area (Å²) in [4.78, 5) is 2.14. The van der Waals surface area contributed by atoms with E-state index >= 15 is 0 Å². The van der Waals surface area contributed by atoms with Crippen LogP contribution < -0.4 is 0 Å². The third-order valence-electron chi connectivity index (χ3n) is 2.94. The van der Waals surface area contributed by atoms with Gasteiger partial charge in [0.05, 0.1) is 18.5 Å². The van der Waals surface area contributed by atoms with E-state index in [4.69, 9.17) is 16.3 Å². The zero-order chi connectivity index (χ0) is 12.2. The molecule has 1 saturated heterocycles. The first-order chi connectivity index (χ1) is 7.48. The van der Waals surface area contributed by atoms with Crippen LogP contribution in [-0.4, -0.2) is 62.5 Å². The fraction of sp³-hybridized carbons (Fsp3) is 1.00. The van der Waals surface area contributed by atoms with Crippen molar-refractivity contribution in [3.8, 4) is 0 Å². The van der Waals surface area contributed by atoms with Crippen LogP contribution in [0.15, 0.2) is 0 Å². The zero-order valence-electron chi connectivity index (χ0n) is 9.86. The van der Waals surface area contributed by atoms with Crippen molar-refractivity contribution >= 4 is 21.4 Å². The maximum absolute atomic E-state index is 11.4. The lowest BCUT2D eigenvalue weighted by molar-refractivity contribution is -0.0452. The predicted molar refractivity (Wildman–Crippen MR) is 65.8 cm³/mol. The minimum Gasteiger partial charge on any atom is -0.374 e. The zero-order valence-corrected chi connectivity index (χ0v) is 11.4. The normalized spacial score (nSPS) is 28.2. The molecule has 0 aromatic heterocycles. The molecular weight excluding hydrogens is 250 g/mol. The first-order valence-electron chi connectivity index (χ1n) is 5.60. The highest BCUT2D eigenvalue weighted by atomic mass is 35.5. The van der Waals surface area contributed by atoms with Crippen LogP contribution in [0.2, 0.25) is 0 Å². The lowest BCUT2D eigenvalue weighted by atomic mass is 10.2. The average Bonchev–Trinajstić information content (AvgIpc) is 2.28. The molecule has 0 spiro atoms. The van der Waals surface area contributed by atoms with Gasteiger partial charge < -0.3 is 4.74 Å². The smallest absolute Gasteiger partial charge is 0.151 e. The number of ether oxygens (including phenoxy) is 1. The molecular formula is C10H20ClNO3S. The lowest BCUT2D eigenvalue weighted by Crippen LogP contribution is -2.50. The maximum Gasteiger partial charge on any atom is 0.151 e. The molecule has 0 amide bonds. The Morgan fingerprint density at radius 3 is 2.75 bits per heavy atom. The molecule has 96 valence electrons. The summed E-state index contributed by atoms with van der Waals surface area (Å²) in [5.74, 6) is 0.900. The van der Waals surface area contributed by atoms with Crippen molar-refractivity contribution in [3.05, 3.63) is 0 Å². The van der Waals surface area contributed by atoms with Crippen LogP contribution in [0.25, 0.3) is 0 Å². The van der Waals surface area contributed by atoms with Crippen molar-refractivity contribution in [1.29, 1.82) is 0 Å². The minimum absolute atomic E-state index is 0.0298. The van der Waals surface area contributed by atoms with Gasteiger partial charge in [0.25, 0.3) is 0 Å². The molecule has 1 aliphatic heterocycles. The van der Waals surface area contributed by atoms with Crippen molar-refractivity contribution < 1.29 is 13.2 Å². The Bertz CT molecular complexity index is 307. The van der Waals surface area contributed by atoms with Gasteiger partial charge >= 0.3 is 0 Å². The number of hydrogen-bond acceptors (Lipinski definition) is 4. The molecule has 0 bridgehead atoms. The van der Waals surface area contributed by atoms with Gasteiger partial charge in [-0.2, -0.15) is 0 Å². The summed E-state index contributed by atoms with van der Waals surface area (Å²) in [7, 11) is -2.88. The Hall–Kier alpha value is 0.160. The maximum atomic E-state index is 11.4. The second-order valence-corrected chi connectivity index (χ2v) is 6.97. The van der Waals surface area contributed by atoms with Gasteiger partial charge in [0.1, 0.15) is 0 Å². The number of sulfone groups is 1. The second-order valence-electron chi connectivity index (χ2n) is 4.19. The molecule has 1 fully saturated rings. The molecule has 4 nitrogen and oxygen atoms in total. The molecule has 1 rings (SSSR count). The van der Waals surface area contributed by atoms with Crippen LogP contribution >= 0.6 is 11.6 Å². The van der Waals surface area contributed by atoms with E-state index in [-0.39, 0.29) is 23.7 Å². The largest absolute Gasteiger partial charge is 0.374 e. The van der Waals surface area contributed by atoms with E-state index in [1.165, 1.54) is 0 Å². The number of alkyl halides is 1. The van der Waals surface area contributed by atoms with Gasteiger partial charge in [-0.3, -0.25) is 4.90 Å². The van der Waals surface area contributed by atoms with E-state index in [2.05, 4.69) is 4.90 Å². The number of halogens is 1. The molecule has 6 heteroatoms. The Labute approximate surface area is 103 Å². The molecule has 1 aliphatic rings. The third-order valence-corrected chi connectivity index (χ3v) is 4.96. The lowest BCUT2D eigenvalue weighted by Gasteiger charge is -2.37. The van der Waals surface area contributed by atoms with Crippen LogP contribution in [0.3, 0.4) is 0 Å². The number of rotatable bonds is 5. The van der Waals surface area contributed by atoms with Crippen molar-refractivity contribution in [3.63, 3.8) is 0 Å². The van der Waals surface area contributed by atoms with Gasteiger partial charge in [0, 0.05) is 30.8 Å². The highest BCUT2D eigenvalue weighted by molar-refractivity contribution is 7.91.